The number of hydrogen-bond acceptors (Lipinski definition) is 4. The van der Waals surface area contributed by atoms with Crippen molar-refractivity contribution in [2.45, 2.75) is 64.0 Å². The molecule has 104 valence electrons. The van der Waals surface area contributed by atoms with Crippen LogP contribution in [0, 0.1) is 5.92 Å². The summed E-state index contributed by atoms with van der Waals surface area (Å²) >= 11 is 0. The first kappa shape index (κ1) is 15.0. The standard InChI is InChI=1S/C13H23NO4/c1-12(2,3)18-11(17)9-4-6-13(14,7-5-9)8-10(15)16/h9H,4-8,14H2,1-3H3,(H,15,16). The summed E-state index contributed by atoms with van der Waals surface area (Å²) in [7, 11) is 0. The van der Waals surface area contributed by atoms with Gasteiger partial charge in [-0.15, -0.1) is 0 Å². The minimum Gasteiger partial charge on any atom is -0.481 e. The van der Waals surface area contributed by atoms with Gasteiger partial charge < -0.3 is 15.6 Å². The number of hydrogen-bond donors (Lipinski definition) is 2. The number of nitrogens with two attached hydrogens (primary N) is 1. The number of carbonyl (C=O) groups excluding carboxylic acids is 1. The molecule has 0 spiro atoms. The molecule has 5 heteroatoms. The second kappa shape index (κ2) is 5.26. The Kier molecular flexibility index (Phi) is 4.37. The van der Waals surface area contributed by atoms with E-state index in [1.807, 2.05) is 20.8 Å². The van der Waals surface area contributed by atoms with Crippen LogP contribution in [0.5, 0.6) is 0 Å². The van der Waals surface area contributed by atoms with Crippen LogP contribution in [0.25, 0.3) is 0 Å². The lowest BCUT2D eigenvalue weighted by Gasteiger charge is -2.36. The van der Waals surface area contributed by atoms with Crippen LogP contribution in [0.4, 0.5) is 0 Å². The highest BCUT2D eigenvalue weighted by Crippen LogP contribution is 2.33. The molecule has 0 unspecified atom stereocenters. The molecule has 1 saturated carbocycles. The normalized spacial score (nSPS) is 28.8. The van der Waals surface area contributed by atoms with Crippen molar-refractivity contribution < 1.29 is 19.4 Å². The summed E-state index contributed by atoms with van der Waals surface area (Å²) in [4.78, 5) is 22.6. The van der Waals surface area contributed by atoms with Gasteiger partial charge in [0.25, 0.3) is 0 Å². The highest BCUT2D eigenvalue weighted by Gasteiger charge is 2.37. The number of rotatable bonds is 3. The van der Waals surface area contributed by atoms with Gasteiger partial charge in [0.15, 0.2) is 0 Å². The zero-order valence-corrected chi connectivity index (χ0v) is 11.4. The van der Waals surface area contributed by atoms with E-state index in [0.717, 1.165) is 0 Å². The molecule has 0 bridgehead atoms. The van der Waals surface area contributed by atoms with E-state index in [0.29, 0.717) is 25.7 Å². The van der Waals surface area contributed by atoms with Crippen LogP contribution in [0.2, 0.25) is 0 Å². The van der Waals surface area contributed by atoms with Crippen LogP contribution in [0.1, 0.15) is 52.9 Å². The average Bonchev–Trinajstić information content (AvgIpc) is 2.13. The van der Waals surface area contributed by atoms with E-state index in [-0.39, 0.29) is 18.3 Å². The minimum atomic E-state index is -0.881. The van der Waals surface area contributed by atoms with Crippen LogP contribution in [0.15, 0.2) is 0 Å². The van der Waals surface area contributed by atoms with E-state index < -0.39 is 17.1 Å². The van der Waals surface area contributed by atoms with E-state index >= 15 is 0 Å². The second-order valence-electron chi connectivity index (χ2n) is 6.24. The lowest BCUT2D eigenvalue weighted by molar-refractivity contribution is -0.161. The van der Waals surface area contributed by atoms with Gasteiger partial charge >= 0.3 is 11.9 Å². The fraction of sp³-hybridized carbons (Fsp3) is 0.846. The van der Waals surface area contributed by atoms with Crippen molar-refractivity contribution in [2.24, 2.45) is 11.7 Å². The molecule has 0 heterocycles. The Morgan fingerprint density at radius 3 is 2.22 bits per heavy atom. The Bertz CT molecular complexity index is 324. The van der Waals surface area contributed by atoms with E-state index in [1.165, 1.54) is 0 Å². The first-order chi connectivity index (χ1) is 8.11. The van der Waals surface area contributed by atoms with Crippen molar-refractivity contribution >= 4 is 11.9 Å². The summed E-state index contributed by atoms with van der Waals surface area (Å²) in [5, 5.41) is 8.79. The monoisotopic (exact) mass is 257 g/mol. The first-order valence-corrected chi connectivity index (χ1v) is 6.35. The highest BCUT2D eigenvalue weighted by atomic mass is 16.6. The summed E-state index contributed by atoms with van der Waals surface area (Å²) in [5.74, 6) is -1.22. The zero-order chi connectivity index (χ0) is 14.0. The molecule has 0 saturated heterocycles. The summed E-state index contributed by atoms with van der Waals surface area (Å²) < 4.78 is 5.33. The van der Waals surface area contributed by atoms with Crippen molar-refractivity contribution in [3.05, 3.63) is 0 Å². The molecule has 1 rings (SSSR count). The summed E-state index contributed by atoms with van der Waals surface area (Å²) in [6.45, 7) is 5.52. The molecule has 1 aliphatic rings. The minimum absolute atomic E-state index is 0.0337. The van der Waals surface area contributed by atoms with Gasteiger partial charge in [0.05, 0.1) is 12.3 Å². The van der Waals surface area contributed by atoms with Crippen molar-refractivity contribution in [3.8, 4) is 0 Å². The zero-order valence-electron chi connectivity index (χ0n) is 11.4. The number of carboxylic acids is 1. The molecule has 0 aromatic heterocycles. The highest BCUT2D eigenvalue weighted by molar-refractivity contribution is 5.73. The molecule has 18 heavy (non-hydrogen) atoms. The van der Waals surface area contributed by atoms with Gasteiger partial charge in [0, 0.05) is 5.54 Å². The van der Waals surface area contributed by atoms with Gasteiger partial charge in [0.2, 0.25) is 0 Å². The Balaban J connectivity index is 2.48. The molecular weight excluding hydrogens is 234 g/mol. The van der Waals surface area contributed by atoms with Crippen molar-refractivity contribution in [2.75, 3.05) is 0 Å². The number of carbonyl (C=O) groups is 2. The van der Waals surface area contributed by atoms with E-state index in [9.17, 15) is 9.59 Å². The molecule has 0 aliphatic heterocycles. The van der Waals surface area contributed by atoms with E-state index in [1.54, 1.807) is 0 Å². The smallest absolute Gasteiger partial charge is 0.309 e. The van der Waals surface area contributed by atoms with Gasteiger partial charge in [-0.25, -0.2) is 0 Å². The van der Waals surface area contributed by atoms with Crippen molar-refractivity contribution in [1.29, 1.82) is 0 Å². The number of aliphatic carboxylic acids is 1. The Labute approximate surface area is 108 Å². The Morgan fingerprint density at radius 1 is 1.33 bits per heavy atom. The topological polar surface area (TPSA) is 89.6 Å². The van der Waals surface area contributed by atoms with Gasteiger partial charge in [0.1, 0.15) is 5.60 Å². The van der Waals surface area contributed by atoms with Crippen LogP contribution in [-0.4, -0.2) is 28.2 Å². The maximum Gasteiger partial charge on any atom is 0.309 e. The number of esters is 1. The summed E-state index contributed by atoms with van der Waals surface area (Å²) in [5.41, 5.74) is 4.88. The molecule has 1 fully saturated rings. The molecule has 5 nitrogen and oxygen atoms in total. The molecule has 0 aromatic rings. The van der Waals surface area contributed by atoms with Crippen LogP contribution < -0.4 is 5.73 Å². The largest absolute Gasteiger partial charge is 0.481 e. The fourth-order valence-electron chi connectivity index (χ4n) is 2.29. The SMILES string of the molecule is CC(C)(C)OC(=O)C1CCC(N)(CC(=O)O)CC1. The lowest BCUT2D eigenvalue weighted by Crippen LogP contribution is -2.46. The number of carboxylic acid groups (broad SMARTS) is 1. The maximum atomic E-state index is 11.9. The van der Waals surface area contributed by atoms with Gasteiger partial charge in [-0.05, 0) is 46.5 Å². The quantitative estimate of drug-likeness (QED) is 0.751. The first-order valence-electron chi connectivity index (χ1n) is 6.35. The summed E-state index contributed by atoms with van der Waals surface area (Å²) in [6, 6.07) is 0. The average molecular weight is 257 g/mol. The van der Waals surface area contributed by atoms with Gasteiger partial charge in [-0.1, -0.05) is 0 Å². The van der Waals surface area contributed by atoms with Gasteiger partial charge in [-0.2, -0.15) is 0 Å². The third-order valence-corrected chi connectivity index (χ3v) is 3.22. The third kappa shape index (κ3) is 4.64. The summed E-state index contributed by atoms with van der Waals surface area (Å²) in [6.07, 6.45) is 2.30. The van der Waals surface area contributed by atoms with Crippen LogP contribution in [0.3, 0.4) is 0 Å². The van der Waals surface area contributed by atoms with Gasteiger partial charge in [-0.3, -0.25) is 9.59 Å². The maximum absolute atomic E-state index is 11.9. The molecule has 0 radical (unpaired) electrons. The molecule has 3 N–H and O–H groups in total. The lowest BCUT2D eigenvalue weighted by atomic mass is 9.75. The van der Waals surface area contributed by atoms with Crippen LogP contribution in [-0.2, 0) is 14.3 Å². The molecule has 0 atom stereocenters. The molecular formula is C13H23NO4. The fourth-order valence-corrected chi connectivity index (χ4v) is 2.29. The predicted octanol–water partition coefficient (Wildman–Crippen LogP) is 1.69. The van der Waals surface area contributed by atoms with Crippen LogP contribution >= 0.6 is 0 Å². The predicted molar refractivity (Wildman–Crippen MR) is 67.0 cm³/mol. The van der Waals surface area contributed by atoms with E-state index in [4.69, 9.17) is 15.6 Å². The molecule has 0 aromatic carbocycles. The molecule has 0 amide bonds. The van der Waals surface area contributed by atoms with Crippen molar-refractivity contribution in [3.63, 3.8) is 0 Å². The van der Waals surface area contributed by atoms with E-state index in [2.05, 4.69) is 0 Å². The molecule has 1 aliphatic carbocycles. The van der Waals surface area contributed by atoms with Crippen molar-refractivity contribution in [1.82, 2.24) is 0 Å². The second-order valence-corrected chi connectivity index (χ2v) is 6.24. The third-order valence-electron chi connectivity index (χ3n) is 3.22. The number of ether oxygens (including phenoxy) is 1. The Morgan fingerprint density at radius 2 is 1.83 bits per heavy atom. The Hall–Kier alpha value is -1.10.